The lowest BCUT2D eigenvalue weighted by Gasteiger charge is -2.31. The minimum Gasteiger partial charge on any atom is -0.356 e. The van der Waals surface area contributed by atoms with E-state index in [0.29, 0.717) is 5.02 Å². The van der Waals surface area contributed by atoms with Gasteiger partial charge in [-0.2, -0.15) is 0 Å². The van der Waals surface area contributed by atoms with E-state index < -0.39 is 0 Å². The van der Waals surface area contributed by atoms with Crippen molar-refractivity contribution in [1.29, 1.82) is 0 Å². The summed E-state index contributed by atoms with van der Waals surface area (Å²) in [6.45, 7) is 13.8. The van der Waals surface area contributed by atoms with Gasteiger partial charge in [-0.15, -0.1) is 0 Å². The van der Waals surface area contributed by atoms with Crippen LogP contribution in [-0.4, -0.2) is 62.8 Å². The second kappa shape index (κ2) is 10.3. The van der Waals surface area contributed by atoms with E-state index in [1.807, 2.05) is 12.1 Å². The lowest BCUT2D eigenvalue weighted by molar-refractivity contribution is 0.598. The highest BCUT2D eigenvalue weighted by Crippen LogP contribution is 2.27. The summed E-state index contributed by atoms with van der Waals surface area (Å²) in [7, 11) is 17.9. The van der Waals surface area contributed by atoms with Crippen LogP contribution in [0.5, 0.6) is 0 Å². The highest BCUT2D eigenvalue weighted by atomic mass is 35.5. The molecule has 0 aliphatic carbocycles. The summed E-state index contributed by atoms with van der Waals surface area (Å²) in [5.41, 5.74) is 18.0. The maximum absolute atomic E-state index is 6.66. The third kappa shape index (κ3) is 5.75. The Morgan fingerprint density at radius 3 is 1.00 bits per heavy atom. The van der Waals surface area contributed by atoms with Crippen LogP contribution in [0.15, 0.2) is 18.2 Å². The molecule has 0 aliphatic rings. The van der Waals surface area contributed by atoms with Gasteiger partial charge in [0.2, 0.25) is 0 Å². The molecule has 3 rings (SSSR count). The van der Waals surface area contributed by atoms with E-state index in [1.165, 1.54) is 66.2 Å². The van der Waals surface area contributed by atoms with E-state index >= 15 is 0 Å². The Morgan fingerprint density at radius 2 is 0.757 bits per heavy atom. The van der Waals surface area contributed by atoms with Crippen molar-refractivity contribution in [2.24, 2.45) is 0 Å². The van der Waals surface area contributed by atoms with Gasteiger partial charge in [0.1, 0.15) is 62.8 Å². The van der Waals surface area contributed by atoms with Crippen molar-refractivity contribution < 1.29 is 0 Å². The Kier molecular flexibility index (Phi) is 8.27. The molecule has 0 unspecified atom stereocenters. The van der Waals surface area contributed by atoms with Crippen molar-refractivity contribution in [1.82, 2.24) is 0 Å². The molecule has 2 nitrogen and oxygen atoms in total. The molecule has 0 saturated carbocycles. The molecule has 37 heavy (non-hydrogen) atoms. The van der Waals surface area contributed by atoms with Gasteiger partial charge in [0.05, 0.1) is 0 Å². The quantitative estimate of drug-likeness (QED) is 0.349. The van der Waals surface area contributed by atoms with Crippen molar-refractivity contribution >= 4 is 141 Å². The second-order valence-corrected chi connectivity index (χ2v) is 13.4. The molecule has 184 valence electrons. The van der Waals surface area contributed by atoms with E-state index in [1.54, 1.807) is 0 Å². The molecule has 0 bridgehead atoms. The highest BCUT2D eigenvalue weighted by Gasteiger charge is 2.24. The Labute approximate surface area is 237 Å². The molecular formula is C26H39B8ClN2. The lowest BCUT2D eigenvalue weighted by atomic mass is 9.61. The number of benzene rings is 3. The third-order valence-electron chi connectivity index (χ3n) is 8.19. The molecule has 2 N–H and O–H groups in total. The van der Waals surface area contributed by atoms with E-state index in [4.69, 9.17) is 11.6 Å². The first-order valence-electron chi connectivity index (χ1n) is 13.4. The van der Waals surface area contributed by atoms with Gasteiger partial charge in [-0.3, -0.25) is 0 Å². The monoisotopic (exact) mass is 502 g/mol. The Balaban J connectivity index is 2.08. The topological polar surface area (TPSA) is 24.1 Å². The van der Waals surface area contributed by atoms with Gasteiger partial charge in [0, 0.05) is 27.8 Å². The van der Waals surface area contributed by atoms with Gasteiger partial charge >= 0.3 is 0 Å². The maximum Gasteiger partial charge on any atom is 0.141 e. The van der Waals surface area contributed by atoms with Gasteiger partial charge < -0.3 is 10.6 Å². The molecular weight excluding hydrogens is 462 g/mol. The van der Waals surface area contributed by atoms with Crippen molar-refractivity contribution in [3.8, 4) is 0 Å². The third-order valence-corrected chi connectivity index (χ3v) is 8.40. The number of hydrogen-bond donors (Lipinski definition) is 2. The first-order valence-corrected chi connectivity index (χ1v) is 13.8. The number of hydrogen-bond acceptors (Lipinski definition) is 2. The van der Waals surface area contributed by atoms with Gasteiger partial charge in [0.15, 0.2) is 0 Å². The molecule has 0 radical (unpaired) electrons. The molecule has 0 heterocycles. The van der Waals surface area contributed by atoms with E-state index in [-0.39, 0.29) is 10.8 Å². The average Bonchev–Trinajstić information content (AvgIpc) is 2.75. The van der Waals surface area contributed by atoms with Crippen molar-refractivity contribution in [3.05, 3.63) is 34.3 Å². The van der Waals surface area contributed by atoms with Crippen LogP contribution >= 0.6 is 11.6 Å². The molecule has 0 aliphatic heterocycles. The fourth-order valence-electron chi connectivity index (χ4n) is 6.27. The molecule has 0 saturated heterocycles. The zero-order valence-electron chi connectivity index (χ0n) is 25.6. The van der Waals surface area contributed by atoms with Crippen LogP contribution in [0.2, 0.25) is 5.02 Å². The summed E-state index contributed by atoms with van der Waals surface area (Å²) in [4.78, 5) is 0. The fourth-order valence-corrected chi connectivity index (χ4v) is 6.51. The summed E-state index contributed by atoms with van der Waals surface area (Å²) >= 11 is 6.66. The van der Waals surface area contributed by atoms with E-state index in [2.05, 4.69) is 121 Å². The molecule has 0 atom stereocenters. The van der Waals surface area contributed by atoms with Gasteiger partial charge in [-0.25, -0.2) is 0 Å². The zero-order chi connectivity index (χ0) is 28.2. The predicted octanol–water partition coefficient (Wildman–Crippen LogP) is -5.51. The normalized spacial score (nSPS) is 12.0. The molecule has 11 heteroatoms. The lowest BCUT2D eigenvalue weighted by Crippen LogP contribution is -2.49. The van der Waals surface area contributed by atoms with Gasteiger partial charge in [-0.05, 0) is 29.0 Å². The van der Waals surface area contributed by atoms with Crippen LogP contribution in [0.3, 0.4) is 0 Å². The number of halogens is 1. The minimum atomic E-state index is 0.101. The maximum atomic E-state index is 6.66. The standard InChI is InChI=1S/C26H39B8ClN2/c1-25(2,3)13-15(27)19(31)23(20(32)16(13)28)36-11-7-10(35)8-12(9-11)37-24-21(33)17(29)14(26(4,5)6)18(30)22(24)34/h7-9,36-37H,27-34H2,1-6H3. The van der Waals surface area contributed by atoms with Crippen LogP contribution in [0.25, 0.3) is 0 Å². The van der Waals surface area contributed by atoms with Crippen molar-refractivity contribution in [2.75, 3.05) is 10.6 Å². The van der Waals surface area contributed by atoms with Crippen molar-refractivity contribution in [3.63, 3.8) is 0 Å². The summed E-state index contributed by atoms with van der Waals surface area (Å²) in [5, 5.41) is 8.15. The zero-order valence-corrected chi connectivity index (χ0v) is 26.4. The van der Waals surface area contributed by atoms with E-state index in [9.17, 15) is 0 Å². The summed E-state index contributed by atoms with van der Waals surface area (Å²) in [6.07, 6.45) is 0. The van der Waals surface area contributed by atoms with Crippen LogP contribution in [0.4, 0.5) is 22.7 Å². The van der Waals surface area contributed by atoms with E-state index in [0.717, 1.165) is 11.4 Å². The van der Waals surface area contributed by atoms with Crippen LogP contribution < -0.4 is 54.3 Å². The molecule has 0 amide bonds. The second-order valence-electron chi connectivity index (χ2n) is 13.0. The van der Waals surface area contributed by atoms with Gasteiger partial charge in [-0.1, -0.05) is 108 Å². The number of anilines is 4. The van der Waals surface area contributed by atoms with Crippen LogP contribution in [0.1, 0.15) is 52.7 Å². The summed E-state index contributed by atoms with van der Waals surface area (Å²) in [5.74, 6) is 0. The highest BCUT2D eigenvalue weighted by molar-refractivity contribution is 6.61. The molecule has 3 aromatic carbocycles. The van der Waals surface area contributed by atoms with Crippen molar-refractivity contribution in [2.45, 2.75) is 52.4 Å². The number of nitrogens with one attached hydrogen (secondary N) is 2. The summed E-state index contributed by atoms with van der Waals surface area (Å²) in [6, 6.07) is 6.17. The Hall–Kier alpha value is -1.93. The SMILES string of the molecule is Bc1c(B)c(C(C)(C)C)c(B)c(B)c1Nc1cc(Cl)cc(Nc2c(B)c(B)c(C(C)(C)C)c(B)c2B)c1. The molecule has 0 fully saturated rings. The largest absolute Gasteiger partial charge is 0.356 e. The molecule has 3 aromatic rings. The summed E-state index contributed by atoms with van der Waals surface area (Å²) < 4.78 is 0. The molecule has 0 aromatic heterocycles. The average molecular weight is 502 g/mol. The fraction of sp³-hybridized carbons (Fsp3) is 0.308. The first-order chi connectivity index (χ1) is 16.9. The first kappa shape index (κ1) is 29.6. The Morgan fingerprint density at radius 1 is 0.486 bits per heavy atom. The minimum absolute atomic E-state index is 0.101. The van der Waals surface area contributed by atoms with Gasteiger partial charge in [0.25, 0.3) is 0 Å². The smallest absolute Gasteiger partial charge is 0.141 e. The van der Waals surface area contributed by atoms with Crippen LogP contribution in [-0.2, 0) is 10.8 Å². The molecule has 0 spiro atoms. The van der Waals surface area contributed by atoms with Crippen LogP contribution in [0, 0.1) is 0 Å². The predicted molar refractivity (Wildman–Crippen MR) is 194 cm³/mol. The Bertz CT molecular complexity index is 1230. The number of rotatable bonds is 4.